The molecule has 1 saturated heterocycles. The maximum absolute atomic E-state index is 13.0. The number of amides is 2. The maximum atomic E-state index is 13.0. The van der Waals surface area contributed by atoms with Crippen molar-refractivity contribution >= 4 is 17.5 Å². The van der Waals surface area contributed by atoms with Crippen molar-refractivity contribution in [1.82, 2.24) is 5.32 Å². The number of hydrogen-bond donors (Lipinski definition) is 1. The number of alkyl halides is 3. The van der Waals surface area contributed by atoms with E-state index in [1.54, 1.807) is 0 Å². The van der Waals surface area contributed by atoms with Crippen LogP contribution >= 0.6 is 0 Å². The first-order valence-electron chi connectivity index (χ1n) is 7.13. The van der Waals surface area contributed by atoms with Crippen LogP contribution in [-0.4, -0.2) is 24.4 Å². The smallest absolute Gasteiger partial charge is 0.353 e. The first-order chi connectivity index (χ1) is 10.4. The molecule has 0 radical (unpaired) electrons. The third-order valence-electron chi connectivity index (χ3n) is 3.92. The van der Waals surface area contributed by atoms with Gasteiger partial charge in [-0.1, -0.05) is 12.1 Å². The average molecular weight is 312 g/mol. The molecule has 0 spiro atoms. The van der Waals surface area contributed by atoms with E-state index in [1.165, 1.54) is 18.2 Å². The molecule has 4 nitrogen and oxygen atoms in total. The van der Waals surface area contributed by atoms with Gasteiger partial charge < -0.3 is 10.2 Å². The number of carbonyl (C=O) groups is 2. The lowest BCUT2D eigenvalue weighted by atomic mass is 10.1. The van der Waals surface area contributed by atoms with Crippen molar-refractivity contribution in [3.8, 4) is 0 Å². The predicted molar refractivity (Wildman–Crippen MR) is 73.1 cm³/mol. The minimum absolute atomic E-state index is 0.00944. The van der Waals surface area contributed by atoms with Crippen molar-refractivity contribution in [3.05, 3.63) is 29.8 Å². The largest absolute Gasteiger partial charge is 0.418 e. The lowest BCUT2D eigenvalue weighted by Gasteiger charge is -2.21. The Labute approximate surface area is 125 Å². The first-order valence-corrected chi connectivity index (χ1v) is 7.13. The van der Waals surface area contributed by atoms with Crippen molar-refractivity contribution in [2.75, 3.05) is 11.4 Å². The van der Waals surface area contributed by atoms with Gasteiger partial charge in [-0.3, -0.25) is 9.59 Å². The highest BCUT2D eigenvalue weighted by Gasteiger charge is 2.41. The quantitative estimate of drug-likeness (QED) is 0.931. The summed E-state index contributed by atoms with van der Waals surface area (Å²) in [4.78, 5) is 25.1. The molecule has 0 bridgehead atoms. The van der Waals surface area contributed by atoms with Gasteiger partial charge in [0.05, 0.1) is 17.2 Å². The number of nitrogens with zero attached hydrogens (tertiary/aromatic N) is 1. The fraction of sp³-hybridized carbons (Fsp3) is 0.467. The average Bonchev–Trinajstić information content (AvgIpc) is 3.18. The number of halogens is 3. The molecule has 118 valence electrons. The number of anilines is 1. The van der Waals surface area contributed by atoms with E-state index in [9.17, 15) is 22.8 Å². The molecular weight excluding hydrogens is 297 g/mol. The second-order valence-corrected chi connectivity index (χ2v) is 5.70. The Kier molecular flexibility index (Phi) is 3.58. The number of rotatable bonds is 3. The summed E-state index contributed by atoms with van der Waals surface area (Å²) in [5, 5.41) is 2.79. The lowest BCUT2D eigenvalue weighted by molar-refractivity contribution is -0.137. The minimum Gasteiger partial charge on any atom is -0.353 e. The summed E-state index contributed by atoms with van der Waals surface area (Å²) in [5.41, 5.74) is -1.03. The van der Waals surface area contributed by atoms with Crippen LogP contribution < -0.4 is 10.2 Å². The zero-order chi connectivity index (χ0) is 15.9. The van der Waals surface area contributed by atoms with Gasteiger partial charge >= 0.3 is 6.18 Å². The topological polar surface area (TPSA) is 49.4 Å². The molecular formula is C15H15F3N2O2. The number of para-hydroxylation sites is 1. The van der Waals surface area contributed by atoms with E-state index in [2.05, 4.69) is 5.32 Å². The normalized spacial score (nSPS) is 22.0. The molecule has 1 aromatic rings. The number of hydrogen-bond acceptors (Lipinski definition) is 2. The highest BCUT2D eigenvalue weighted by molar-refractivity contribution is 6.01. The molecule has 2 fully saturated rings. The molecule has 1 heterocycles. The Balaban J connectivity index is 1.81. The van der Waals surface area contributed by atoms with E-state index >= 15 is 0 Å². The molecule has 0 aromatic heterocycles. The Morgan fingerprint density at radius 2 is 1.91 bits per heavy atom. The van der Waals surface area contributed by atoms with E-state index in [0.29, 0.717) is 0 Å². The van der Waals surface area contributed by atoms with Crippen LogP contribution in [0.15, 0.2) is 24.3 Å². The highest BCUT2D eigenvalue weighted by Crippen LogP contribution is 2.38. The second-order valence-electron chi connectivity index (χ2n) is 5.70. The van der Waals surface area contributed by atoms with Gasteiger partial charge in [0.25, 0.3) is 0 Å². The van der Waals surface area contributed by atoms with Gasteiger partial charge in [-0.2, -0.15) is 13.2 Å². The molecule has 1 aliphatic carbocycles. The van der Waals surface area contributed by atoms with Crippen LogP contribution in [0.1, 0.15) is 24.8 Å². The lowest BCUT2D eigenvalue weighted by Crippen LogP contribution is -2.34. The molecule has 1 atom stereocenters. The Bertz CT molecular complexity index is 611. The molecule has 2 amide bonds. The van der Waals surface area contributed by atoms with E-state index in [0.717, 1.165) is 23.8 Å². The summed E-state index contributed by atoms with van der Waals surface area (Å²) in [6.07, 6.45) is -2.74. The summed E-state index contributed by atoms with van der Waals surface area (Å²) < 4.78 is 39.1. The standard InChI is InChI=1S/C15H15F3N2O2/c16-15(17,18)11-3-1-2-4-12(11)20-8-9(7-13(20)21)14(22)19-10-5-6-10/h1-4,9-10H,5-8H2,(H,19,22). The van der Waals surface area contributed by atoms with Crippen molar-refractivity contribution in [3.63, 3.8) is 0 Å². The highest BCUT2D eigenvalue weighted by atomic mass is 19.4. The SMILES string of the molecule is O=C(NC1CC1)C1CC(=O)N(c2ccccc2C(F)(F)F)C1. The third-order valence-corrected chi connectivity index (χ3v) is 3.92. The van der Waals surface area contributed by atoms with Gasteiger partial charge in [0.15, 0.2) is 0 Å². The van der Waals surface area contributed by atoms with Crippen LogP contribution in [0.4, 0.5) is 18.9 Å². The Morgan fingerprint density at radius 1 is 1.23 bits per heavy atom. The predicted octanol–water partition coefficient (Wildman–Crippen LogP) is 2.34. The van der Waals surface area contributed by atoms with Gasteiger partial charge in [0.1, 0.15) is 0 Å². The van der Waals surface area contributed by atoms with Crippen LogP contribution in [0.2, 0.25) is 0 Å². The zero-order valence-electron chi connectivity index (χ0n) is 11.7. The van der Waals surface area contributed by atoms with Gasteiger partial charge in [0.2, 0.25) is 11.8 Å². The molecule has 1 saturated carbocycles. The molecule has 1 N–H and O–H groups in total. The van der Waals surface area contributed by atoms with Crippen LogP contribution in [0.25, 0.3) is 0 Å². The fourth-order valence-corrected chi connectivity index (χ4v) is 2.61. The Hall–Kier alpha value is -2.05. The van der Waals surface area contributed by atoms with Crippen LogP contribution in [0, 0.1) is 5.92 Å². The summed E-state index contributed by atoms with van der Waals surface area (Å²) >= 11 is 0. The van der Waals surface area contributed by atoms with Crippen molar-refractivity contribution in [2.24, 2.45) is 5.92 Å². The van der Waals surface area contributed by atoms with Crippen LogP contribution in [-0.2, 0) is 15.8 Å². The van der Waals surface area contributed by atoms with Crippen molar-refractivity contribution in [2.45, 2.75) is 31.5 Å². The van der Waals surface area contributed by atoms with Crippen molar-refractivity contribution in [1.29, 1.82) is 0 Å². The molecule has 1 aromatic carbocycles. The van der Waals surface area contributed by atoms with Crippen LogP contribution in [0.3, 0.4) is 0 Å². The number of nitrogens with one attached hydrogen (secondary N) is 1. The van der Waals surface area contributed by atoms with E-state index in [4.69, 9.17) is 0 Å². The molecule has 3 rings (SSSR count). The molecule has 1 aliphatic heterocycles. The monoisotopic (exact) mass is 312 g/mol. The van der Waals surface area contributed by atoms with Gasteiger partial charge in [0, 0.05) is 19.0 Å². The maximum Gasteiger partial charge on any atom is 0.418 e. The summed E-state index contributed by atoms with van der Waals surface area (Å²) in [6, 6.07) is 5.11. The zero-order valence-corrected chi connectivity index (χ0v) is 11.7. The number of carbonyl (C=O) groups excluding carboxylic acids is 2. The second kappa shape index (κ2) is 5.30. The molecule has 1 unspecified atom stereocenters. The van der Waals surface area contributed by atoms with Gasteiger partial charge in [-0.05, 0) is 25.0 Å². The van der Waals surface area contributed by atoms with E-state index in [-0.39, 0.29) is 30.6 Å². The Morgan fingerprint density at radius 3 is 2.55 bits per heavy atom. The van der Waals surface area contributed by atoms with Crippen LogP contribution in [0.5, 0.6) is 0 Å². The van der Waals surface area contributed by atoms with Gasteiger partial charge in [-0.25, -0.2) is 0 Å². The minimum atomic E-state index is -4.54. The molecule has 7 heteroatoms. The first kappa shape index (κ1) is 14.9. The summed E-state index contributed by atoms with van der Waals surface area (Å²) in [5.74, 6) is -1.29. The summed E-state index contributed by atoms with van der Waals surface area (Å²) in [7, 11) is 0. The fourth-order valence-electron chi connectivity index (χ4n) is 2.61. The van der Waals surface area contributed by atoms with E-state index in [1.807, 2.05) is 0 Å². The molecule has 22 heavy (non-hydrogen) atoms. The van der Waals surface area contributed by atoms with E-state index < -0.39 is 23.6 Å². The van der Waals surface area contributed by atoms with Gasteiger partial charge in [-0.15, -0.1) is 0 Å². The van der Waals surface area contributed by atoms with Crippen molar-refractivity contribution < 1.29 is 22.8 Å². The third kappa shape index (κ3) is 2.93. The number of benzene rings is 1. The molecule has 2 aliphatic rings. The summed E-state index contributed by atoms with van der Waals surface area (Å²) in [6.45, 7) is -0.00944.